The molecule has 1 atom stereocenters. The van der Waals surface area contributed by atoms with Gasteiger partial charge in [-0.1, -0.05) is 13.8 Å². The van der Waals surface area contributed by atoms with Gasteiger partial charge in [-0.2, -0.15) is 11.8 Å². The number of thioether (sulfide) groups is 1. The van der Waals surface area contributed by atoms with Gasteiger partial charge in [0.05, 0.1) is 0 Å². The first-order chi connectivity index (χ1) is 7.43. The molecule has 0 aromatic heterocycles. The molecule has 1 unspecified atom stereocenters. The Kier molecular flexibility index (Phi) is 9.47. The van der Waals surface area contributed by atoms with Crippen LogP contribution in [0.25, 0.3) is 0 Å². The van der Waals surface area contributed by atoms with Gasteiger partial charge in [0.2, 0.25) is 0 Å². The molecule has 0 rings (SSSR count). The van der Waals surface area contributed by atoms with Crippen LogP contribution >= 0.6 is 11.8 Å². The molecule has 0 spiro atoms. The molecule has 16 heavy (non-hydrogen) atoms. The predicted molar refractivity (Wildman–Crippen MR) is 77.4 cm³/mol. The molecule has 0 aliphatic carbocycles. The van der Waals surface area contributed by atoms with Crippen molar-refractivity contribution in [2.24, 2.45) is 5.92 Å². The lowest BCUT2D eigenvalue weighted by molar-refractivity contribution is 0.271. The van der Waals surface area contributed by atoms with Gasteiger partial charge in [-0.05, 0) is 39.5 Å². The zero-order valence-corrected chi connectivity index (χ0v) is 12.7. The SMILES string of the molecule is CC(C)CSCC(C)NCCN(C)C(C)C. The van der Waals surface area contributed by atoms with E-state index in [1.807, 2.05) is 0 Å². The van der Waals surface area contributed by atoms with Crippen molar-refractivity contribution in [3.63, 3.8) is 0 Å². The molecule has 0 aliphatic heterocycles. The minimum absolute atomic E-state index is 0.629. The highest BCUT2D eigenvalue weighted by Crippen LogP contribution is 2.08. The molecule has 2 nitrogen and oxygen atoms in total. The summed E-state index contributed by atoms with van der Waals surface area (Å²) in [4.78, 5) is 2.38. The summed E-state index contributed by atoms with van der Waals surface area (Å²) in [5.41, 5.74) is 0. The van der Waals surface area contributed by atoms with Gasteiger partial charge in [-0.15, -0.1) is 0 Å². The molecule has 0 aromatic carbocycles. The van der Waals surface area contributed by atoms with E-state index < -0.39 is 0 Å². The lowest BCUT2D eigenvalue weighted by Crippen LogP contribution is -2.38. The van der Waals surface area contributed by atoms with Crippen LogP contribution in [0, 0.1) is 5.92 Å². The monoisotopic (exact) mass is 246 g/mol. The molecule has 3 heteroatoms. The Bertz CT molecular complexity index is 160. The van der Waals surface area contributed by atoms with Crippen LogP contribution in [0.1, 0.15) is 34.6 Å². The van der Waals surface area contributed by atoms with Crippen LogP contribution in [-0.4, -0.2) is 48.6 Å². The third-order valence-electron chi connectivity index (χ3n) is 2.66. The Hall–Kier alpha value is 0.270. The average Bonchev–Trinajstić information content (AvgIpc) is 2.16. The quantitative estimate of drug-likeness (QED) is 0.673. The Morgan fingerprint density at radius 2 is 1.69 bits per heavy atom. The van der Waals surface area contributed by atoms with Gasteiger partial charge < -0.3 is 10.2 Å². The second kappa shape index (κ2) is 9.32. The third kappa shape index (κ3) is 9.49. The molecular weight excluding hydrogens is 216 g/mol. The molecule has 98 valence electrons. The standard InChI is InChI=1S/C13H30N2S/c1-11(2)9-16-10-13(5)14-7-8-15(6)12(3)4/h11-14H,7-10H2,1-6H3. The van der Waals surface area contributed by atoms with E-state index in [-0.39, 0.29) is 0 Å². The fraction of sp³-hybridized carbons (Fsp3) is 1.00. The van der Waals surface area contributed by atoms with Crippen molar-refractivity contribution in [2.45, 2.75) is 46.7 Å². The number of hydrogen-bond donors (Lipinski definition) is 1. The van der Waals surface area contributed by atoms with Crippen LogP contribution in [0.5, 0.6) is 0 Å². The van der Waals surface area contributed by atoms with Crippen LogP contribution < -0.4 is 5.32 Å². The molecule has 0 aromatic rings. The summed E-state index contributed by atoms with van der Waals surface area (Å²) in [5, 5.41) is 3.58. The summed E-state index contributed by atoms with van der Waals surface area (Å²) >= 11 is 2.06. The molecule has 0 heterocycles. The van der Waals surface area contributed by atoms with E-state index in [1.54, 1.807) is 0 Å². The van der Waals surface area contributed by atoms with E-state index in [0.717, 1.165) is 19.0 Å². The zero-order valence-electron chi connectivity index (χ0n) is 11.9. The van der Waals surface area contributed by atoms with Crippen molar-refractivity contribution >= 4 is 11.8 Å². The van der Waals surface area contributed by atoms with Crippen molar-refractivity contribution in [2.75, 3.05) is 31.6 Å². The number of nitrogens with one attached hydrogen (secondary N) is 1. The van der Waals surface area contributed by atoms with Gasteiger partial charge in [-0.25, -0.2) is 0 Å². The normalized spacial score (nSPS) is 14.1. The van der Waals surface area contributed by atoms with Crippen molar-refractivity contribution in [3.8, 4) is 0 Å². The summed E-state index contributed by atoms with van der Waals surface area (Å²) in [6.45, 7) is 13.5. The van der Waals surface area contributed by atoms with Crippen LogP contribution in [0.2, 0.25) is 0 Å². The largest absolute Gasteiger partial charge is 0.312 e. The van der Waals surface area contributed by atoms with E-state index >= 15 is 0 Å². The minimum Gasteiger partial charge on any atom is -0.312 e. The van der Waals surface area contributed by atoms with Gasteiger partial charge in [0.15, 0.2) is 0 Å². The van der Waals surface area contributed by atoms with Gasteiger partial charge in [-0.3, -0.25) is 0 Å². The fourth-order valence-corrected chi connectivity index (χ4v) is 2.36. The topological polar surface area (TPSA) is 15.3 Å². The summed E-state index contributed by atoms with van der Waals surface area (Å²) < 4.78 is 0. The summed E-state index contributed by atoms with van der Waals surface area (Å²) in [7, 11) is 2.19. The van der Waals surface area contributed by atoms with Crippen molar-refractivity contribution in [1.29, 1.82) is 0 Å². The molecule has 0 bridgehead atoms. The Morgan fingerprint density at radius 3 is 2.19 bits per heavy atom. The van der Waals surface area contributed by atoms with Gasteiger partial charge in [0, 0.05) is 30.9 Å². The van der Waals surface area contributed by atoms with E-state index in [1.165, 1.54) is 11.5 Å². The first kappa shape index (κ1) is 16.3. The van der Waals surface area contributed by atoms with Crippen molar-refractivity contribution in [1.82, 2.24) is 10.2 Å². The lowest BCUT2D eigenvalue weighted by Gasteiger charge is -2.22. The van der Waals surface area contributed by atoms with E-state index in [4.69, 9.17) is 0 Å². The van der Waals surface area contributed by atoms with Crippen LogP contribution in [0.15, 0.2) is 0 Å². The first-order valence-electron chi connectivity index (χ1n) is 6.44. The summed E-state index contributed by atoms with van der Waals surface area (Å²) in [5.74, 6) is 3.31. The van der Waals surface area contributed by atoms with Gasteiger partial charge in [0.25, 0.3) is 0 Å². The van der Waals surface area contributed by atoms with Crippen LogP contribution in [-0.2, 0) is 0 Å². The molecule has 0 fully saturated rings. The van der Waals surface area contributed by atoms with Crippen molar-refractivity contribution in [3.05, 3.63) is 0 Å². The maximum absolute atomic E-state index is 3.58. The van der Waals surface area contributed by atoms with Gasteiger partial charge in [0.1, 0.15) is 0 Å². The molecule has 0 radical (unpaired) electrons. The summed E-state index contributed by atoms with van der Waals surface area (Å²) in [6.07, 6.45) is 0. The fourth-order valence-electron chi connectivity index (χ4n) is 1.28. The van der Waals surface area contributed by atoms with Gasteiger partial charge >= 0.3 is 0 Å². The van der Waals surface area contributed by atoms with Crippen molar-refractivity contribution < 1.29 is 0 Å². The van der Waals surface area contributed by atoms with E-state index in [9.17, 15) is 0 Å². The highest BCUT2D eigenvalue weighted by Gasteiger charge is 2.05. The number of nitrogens with zero attached hydrogens (tertiary/aromatic N) is 1. The molecular formula is C13H30N2S. The smallest absolute Gasteiger partial charge is 0.0130 e. The Balaban J connectivity index is 3.40. The van der Waals surface area contributed by atoms with Crippen LogP contribution in [0.3, 0.4) is 0 Å². The molecule has 0 saturated carbocycles. The molecule has 0 saturated heterocycles. The molecule has 1 N–H and O–H groups in total. The average molecular weight is 246 g/mol. The number of rotatable bonds is 9. The summed E-state index contributed by atoms with van der Waals surface area (Å²) in [6, 6.07) is 1.27. The third-order valence-corrected chi connectivity index (χ3v) is 4.30. The molecule has 0 amide bonds. The number of likely N-dealkylation sites (N-methyl/N-ethyl adjacent to an activating group) is 1. The highest BCUT2D eigenvalue weighted by atomic mass is 32.2. The van der Waals surface area contributed by atoms with E-state index in [0.29, 0.717) is 12.1 Å². The predicted octanol–water partition coefficient (Wildman–Crippen LogP) is 2.69. The lowest BCUT2D eigenvalue weighted by atomic mass is 10.3. The maximum Gasteiger partial charge on any atom is 0.0130 e. The zero-order chi connectivity index (χ0) is 12.6. The van der Waals surface area contributed by atoms with E-state index in [2.05, 4.69) is 63.6 Å². The number of hydrogen-bond acceptors (Lipinski definition) is 3. The Morgan fingerprint density at radius 1 is 1.06 bits per heavy atom. The minimum atomic E-state index is 0.629. The van der Waals surface area contributed by atoms with Crippen LogP contribution in [0.4, 0.5) is 0 Å². The highest BCUT2D eigenvalue weighted by molar-refractivity contribution is 7.99. The second-order valence-electron chi connectivity index (χ2n) is 5.36. The molecule has 0 aliphatic rings. The second-order valence-corrected chi connectivity index (χ2v) is 6.44. The first-order valence-corrected chi connectivity index (χ1v) is 7.60. The maximum atomic E-state index is 3.58. The Labute approximate surface area is 107 Å².